The van der Waals surface area contributed by atoms with Gasteiger partial charge in [0.1, 0.15) is 5.82 Å². The number of carbonyl (C=O) groups excluding carboxylic acids is 2. The largest absolute Gasteiger partial charge is 0.354 e. The molecule has 7 nitrogen and oxygen atoms in total. The third kappa shape index (κ3) is 5.33. The van der Waals surface area contributed by atoms with E-state index in [0.717, 1.165) is 56.4 Å². The number of amides is 2. The summed E-state index contributed by atoms with van der Waals surface area (Å²) in [7, 11) is 0. The average Bonchev–Trinajstić information content (AvgIpc) is 3.48. The zero-order valence-electron chi connectivity index (χ0n) is 16.6. The fraction of sp³-hybridized carbons (Fsp3) is 0.476. The van der Waals surface area contributed by atoms with E-state index in [1.807, 2.05) is 31.3 Å². The molecule has 154 valence electrons. The number of nitrogens with one attached hydrogen (secondary N) is 2. The van der Waals surface area contributed by atoms with Crippen molar-refractivity contribution in [3.05, 3.63) is 41.4 Å². The molecule has 2 aromatic rings. The van der Waals surface area contributed by atoms with Crippen molar-refractivity contribution < 1.29 is 9.59 Å². The topological polar surface area (TPSA) is 77.6 Å². The molecule has 0 bridgehead atoms. The Bertz CT molecular complexity index is 844. The Hall–Kier alpha value is -2.45. The van der Waals surface area contributed by atoms with Gasteiger partial charge in [-0.3, -0.25) is 14.5 Å². The van der Waals surface area contributed by atoms with Crippen molar-refractivity contribution in [1.29, 1.82) is 0 Å². The van der Waals surface area contributed by atoms with E-state index < -0.39 is 0 Å². The van der Waals surface area contributed by atoms with Crippen LogP contribution in [0.1, 0.15) is 29.4 Å². The highest BCUT2D eigenvalue weighted by molar-refractivity contribution is 7.18. The second-order valence-corrected chi connectivity index (χ2v) is 8.86. The highest BCUT2D eigenvalue weighted by Gasteiger charge is 2.30. The monoisotopic (exact) mass is 413 g/mol. The number of anilines is 2. The Morgan fingerprint density at radius 3 is 2.66 bits per heavy atom. The summed E-state index contributed by atoms with van der Waals surface area (Å²) in [5, 5.41) is 6.72. The molecule has 2 aliphatic rings. The predicted molar refractivity (Wildman–Crippen MR) is 115 cm³/mol. The lowest BCUT2D eigenvalue weighted by molar-refractivity contribution is -0.117. The first-order valence-electron chi connectivity index (χ1n) is 10.2. The van der Waals surface area contributed by atoms with Gasteiger partial charge in [-0.2, -0.15) is 0 Å². The number of nitrogens with zero attached hydrogens (tertiary/aromatic N) is 3. The Morgan fingerprint density at radius 1 is 1.17 bits per heavy atom. The van der Waals surface area contributed by atoms with Crippen molar-refractivity contribution >= 4 is 34.0 Å². The van der Waals surface area contributed by atoms with E-state index in [9.17, 15) is 9.59 Å². The van der Waals surface area contributed by atoms with Crippen LogP contribution in [0.4, 0.5) is 10.8 Å². The molecule has 0 spiro atoms. The maximum atomic E-state index is 12.5. The number of piperazine rings is 1. The molecule has 3 heterocycles. The number of hydrogen-bond donors (Lipinski definition) is 2. The molecule has 29 heavy (non-hydrogen) atoms. The van der Waals surface area contributed by atoms with Crippen molar-refractivity contribution in [2.45, 2.75) is 25.8 Å². The van der Waals surface area contributed by atoms with Gasteiger partial charge >= 0.3 is 0 Å². The summed E-state index contributed by atoms with van der Waals surface area (Å²) in [6.45, 7) is 6.63. The first-order chi connectivity index (χ1) is 14.1. The molecule has 2 fully saturated rings. The summed E-state index contributed by atoms with van der Waals surface area (Å²) >= 11 is 1.33. The van der Waals surface area contributed by atoms with E-state index in [-0.39, 0.29) is 23.8 Å². The van der Waals surface area contributed by atoms with Crippen molar-refractivity contribution in [2.24, 2.45) is 5.92 Å². The van der Waals surface area contributed by atoms with E-state index in [0.29, 0.717) is 4.88 Å². The van der Waals surface area contributed by atoms with Crippen LogP contribution in [0, 0.1) is 5.92 Å². The molecule has 1 saturated carbocycles. The van der Waals surface area contributed by atoms with Crippen LogP contribution < -0.4 is 15.5 Å². The number of carbonyl (C=O) groups is 2. The molecular weight excluding hydrogens is 386 g/mol. The minimum Gasteiger partial charge on any atom is -0.354 e. The van der Waals surface area contributed by atoms with Gasteiger partial charge in [-0.1, -0.05) is 6.07 Å². The third-order valence-corrected chi connectivity index (χ3v) is 6.28. The molecule has 1 aliphatic heterocycles. The highest BCUT2D eigenvalue weighted by Crippen LogP contribution is 2.31. The van der Waals surface area contributed by atoms with Crippen LogP contribution in [-0.4, -0.2) is 60.5 Å². The molecule has 2 amide bonds. The van der Waals surface area contributed by atoms with Crippen molar-refractivity contribution in [3.8, 4) is 0 Å². The molecule has 8 heteroatoms. The summed E-state index contributed by atoms with van der Waals surface area (Å²) in [4.78, 5) is 34.1. The van der Waals surface area contributed by atoms with Crippen LogP contribution in [-0.2, 0) is 4.79 Å². The van der Waals surface area contributed by atoms with Crippen LogP contribution in [0.5, 0.6) is 0 Å². The van der Waals surface area contributed by atoms with Gasteiger partial charge in [-0.05, 0) is 44.0 Å². The summed E-state index contributed by atoms with van der Waals surface area (Å²) < 4.78 is 0. The van der Waals surface area contributed by atoms with E-state index in [2.05, 4.69) is 25.4 Å². The average molecular weight is 414 g/mol. The maximum absolute atomic E-state index is 12.5. The number of thiophene rings is 1. The lowest BCUT2D eigenvalue weighted by Crippen LogP contribution is -2.51. The molecular formula is C21H27N5O2S. The van der Waals surface area contributed by atoms with E-state index in [1.165, 1.54) is 11.3 Å². The molecule has 0 radical (unpaired) electrons. The molecule has 1 unspecified atom stereocenters. The van der Waals surface area contributed by atoms with Crippen LogP contribution in [0.2, 0.25) is 0 Å². The molecule has 4 rings (SSSR count). The van der Waals surface area contributed by atoms with Gasteiger partial charge in [-0.25, -0.2) is 4.98 Å². The first kappa shape index (κ1) is 19.8. The number of pyridine rings is 1. The number of hydrogen-bond acceptors (Lipinski definition) is 6. The predicted octanol–water partition coefficient (Wildman–Crippen LogP) is 2.43. The van der Waals surface area contributed by atoms with Gasteiger partial charge in [0.15, 0.2) is 0 Å². The van der Waals surface area contributed by atoms with Crippen LogP contribution in [0.15, 0.2) is 36.5 Å². The van der Waals surface area contributed by atoms with Gasteiger partial charge in [0, 0.05) is 50.9 Å². The SMILES string of the molecule is CC(CN1CCN(c2ccccn2)CC1)NC(=O)c1ccc(NC(=O)C2CC2)s1. The van der Waals surface area contributed by atoms with Gasteiger partial charge in [-0.15, -0.1) is 11.3 Å². The lowest BCUT2D eigenvalue weighted by atomic mass is 10.2. The molecule has 1 atom stereocenters. The van der Waals surface area contributed by atoms with Gasteiger partial charge in [0.05, 0.1) is 9.88 Å². The van der Waals surface area contributed by atoms with Crippen LogP contribution >= 0.6 is 11.3 Å². The number of aromatic nitrogens is 1. The van der Waals surface area contributed by atoms with Gasteiger partial charge in [0.2, 0.25) is 5.91 Å². The van der Waals surface area contributed by atoms with E-state index >= 15 is 0 Å². The molecule has 2 aromatic heterocycles. The summed E-state index contributed by atoms with van der Waals surface area (Å²) in [6, 6.07) is 9.63. The van der Waals surface area contributed by atoms with Crippen LogP contribution in [0.25, 0.3) is 0 Å². The normalized spacial score (nSPS) is 18.3. The molecule has 1 aliphatic carbocycles. The zero-order chi connectivity index (χ0) is 20.2. The zero-order valence-corrected chi connectivity index (χ0v) is 17.5. The smallest absolute Gasteiger partial charge is 0.261 e. The van der Waals surface area contributed by atoms with E-state index in [1.54, 1.807) is 12.1 Å². The highest BCUT2D eigenvalue weighted by atomic mass is 32.1. The second kappa shape index (κ2) is 8.92. The lowest BCUT2D eigenvalue weighted by Gasteiger charge is -2.36. The van der Waals surface area contributed by atoms with Crippen molar-refractivity contribution in [2.75, 3.05) is 42.9 Å². The second-order valence-electron chi connectivity index (χ2n) is 7.78. The quantitative estimate of drug-likeness (QED) is 0.729. The third-order valence-electron chi connectivity index (χ3n) is 5.28. The van der Waals surface area contributed by atoms with Crippen molar-refractivity contribution in [3.63, 3.8) is 0 Å². The van der Waals surface area contributed by atoms with Gasteiger partial charge < -0.3 is 15.5 Å². The Kier molecular flexibility index (Phi) is 6.10. The minimum atomic E-state index is -0.0819. The molecule has 1 saturated heterocycles. The minimum absolute atomic E-state index is 0.0514. The van der Waals surface area contributed by atoms with Gasteiger partial charge in [0.25, 0.3) is 5.91 Å². The summed E-state index contributed by atoms with van der Waals surface area (Å²) in [5.41, 5.74) is 0. The number of rotatable bonds is 7. The Morgan fingerprint density at radius 2 is 1.97 bits per heavy atom. The summed E-state index contributed by atoms with van der Waals surface area (Å²) in [6.07, 6.45) is 3.77. The fourth-order valence-corrected chi connectivity index (χ4v) is 4.34. The molecule has 2 N–H and O–H groups in total. The maximum Gasteiger partial charge on any atom is 0.261 e. The standard InChI is InChI=1S/C21H27N5O2S/c1-15(14-25-10-12-26(13-11-25)18-4-2-3-9-22-18)23-21(28)17-7-8-19(29-17)24-20(27)16-5-6-16/h2-4,7-9,15-16H,5-6,10-14H2,1H3,(H,23,28)(H,24,27). The van der Waals surface area contributed by atoms with Crippen LogP contribution in [0.3, 0.4) is 0 Å². The fourth-order valence-electron chi connectivity index (χ4n) is 3.52. The van der Waals surface area contributed by atoms with Crippen molar-refractivity contribution in [1.82, 2.24) is 15.2 Å². The van der Waals surface area contributed by atoms with E-state index in [4.69, 9.17) is 0 Å². The summed E-state index contributed by atoms with van der Waals surface area (Å²) in [5.74, 6) is 1.17. The Labute approximate surface area is 175 Å². The Balaban J connectivity index is 1.21. The first-order valence-corrected chi connectivity index (χ1v) is 11.0. The molecule has 0 aromatic carbocycles.